The van der Waals surface area contributed by atoms with Gasteiger partial charge in [0.15, 0.2) is 0 Å². The van der Waals surface area contributed by atoms with E-state index in [0.717, 1.165) is 18.4 Å². The quantitative estimate of drug-likeness (QED) is 0.823. The van der Waals surface area contributed by atoms with E-state index in [1.165, 1.54) is 0 Å². The third-order valence-electron chi connectivity index (χ3n) is 3.37. The van der Waals surface area contributed by atoms with Crippen molar-refractivity contribution in [3.8, 4) is 6.07 Å². The third kappa shape index (κ3) is 4.25. The van der Waals surface area contributed by atoms with Crippen LogP contribution in [-0.4, -0.2) is 5.91 Å². The molecule has 0 atom stereocenters. The number of benzene rings is 1. The van der Waals surface area contributed by atoms with Crippen molar-refractivity contribution in [3.63, 3.8) is 0 Å². The minimum absolute atomic E-state index is 0.168. The lowest BCUT2D eigenvalue weighted by Gasteiger charge is -2.24. The highest BCUT2D eigenvalue weighted by Gasteiger charge is 2.36. The average molecular weight is 293 g/mol. The summed E-state index contributed by atoms with van der Waals surface area (Å²) >= 11 is 5.82. The van der Waals surface area contributed by atoms with Crippen molar-refractivity contribution in [2.75, 3.05) is 0 Å². The maximum Gasteiger partial charge on any atom is 0.240 e. The van der Waals surface area contributed by atoms with Crippen LogP contribution in [0.5, 0.6) is 0 Å². The zero-order valence-electron chi connectivity index (χ0n) is 12.1. The molecule has 0 aromatic heterocycles. The Morgan fingerprint density at radius 3 is 2.25 bits per heavy atom. The molecule has 108 valence electrons. The van der Waals surface area contributed by atoms with Crippen LogP contribution in [0.15, 0.2) is 24.3 Å². The monoisotopic (exact) mass is 292 g/mol. The molecule has 0 radical (unpaired) electrons. The van der Waals surface area contributed by atoms with Crippen LogP contribution in [0.3, 0.4) is 0 Å². The smallest absolute Gasteiger partial charge is 0.240 e. The summed E-state index contributed by atoms with van der Waals surface area (Å²) in [7, 11) is 0. The van der Waals surface area contributed by atoms with Crippen LogP contribution in [0.2, 0.25) is 5.02 Å². The topological polar surface area (TPSA) is 52.9 Å². The van der Waals surface area contributed by atoms with Crippen LogP contribution in [0.4, 0.5) is 0 Å². The molecule has 0 bridgehead atoms. The van der Waals surface area contributed by atoms with Crippen LogP contribution >= 0.6 is 11.6 Å². The van der Waals surface area contributed by atoms with Gasteiger partial charge in [-0.25, -0.2) is 0 Å². The minimum Gasteiger partial charge on any atom is -0.351 e. The molecule has 0 aliphatic rings. The van der Waals surface area contributed by atoms with Crippen molar-refractivity contribution in [2.24, 2.45) is 5.41 Å². The van der Waals surface area contributed by atoms with E-state index in [1.54, 1.807) is 12.1 Å². The molecule has 1 aromatic rings. The summed E-state index contributed by atoms with van der Waals surface area (Å²) < 4.78 is 0. The highest BCUT2D eigenvalue weighted by atomic mass is 35.5. The lowest BCUT2D eigenvalue weighted by molar-refractivity contribution is -0.129. The fourth-order valence-electron chi connectivity index (χ4n) is 2.32. The number of carbonyl (C=O) groups is 1. The predicted molar refractivity (Wildman–Crippen MR) is 81.2 cm³/mol. The second-order valence-electron chi connectivity index (χ2n) is 5.00. The predicted octanol–water partition coefficient (Wildman–Crippen LogP) is 4.07. The molecule has 0 heterocycles. The molecule has 0 aliphatic heterocycles. The fraction of sp³-hybridized carbons (Fsp3) is 0.500. The maximum atomic E-state index is 12.4. The Balaban J connectivity index is 2.71. The van der Waals surface area contributed by atoms with Gasteiger partial charge >= 0.3 is 0 Å². The van der Waals surface area contributed by atoms with Crippen LogP contribution in [0, 0.1) is 16.7 Å². The minimum atomic E-state index is -0.893. The Kier molecular flexibility index (Phi) is 6.54. The molecule has 1 rings (SSSR count). The van der Waals surface area contributed by atoms with E-state index in [2.05, 4.69) is 11.4 Å². The van der Waals surface area contributed by atoms with Gasteiger partial charge < -0.3 is 5.32 Å². The van der Waals surface area contributed by atoms with Gasteiger partial charge in [-0.1, -0.05) is 50.4 Å². The summed E-state index contributed by atoms with van der Waals surface area (Å²) in [6.07, 6.45) is 2.84. The molecule has 1 amide bonds. The summed E-state index contributed by atoms with van der Waals surface area (Å²) in [5.41, 5.74) is 0.0817. The number of hydrogen-bond acceptors (Lipinski definition) is 2. The standard InChI is InChI=1S/C16H21ClN2O/c1-3-9-16(12-18,10-4-2)15(20)19-11-13-5-7-14(17)8-6-13/h5-8H,3-4,9-11H2,1-2H3,(H,19,20). The Labute approximate surface area is 125 Å². The number of nitriles is 1. The largest absolute Gasteiger partial charge is 0.351 e. The van der Waals surface area contributed by atoms with Crippen molar-refractivity contribution >= 4 is 17.5 Å². The molecule has 0 aliphatic carbocycles. The molecule has 1 N–H and O–H groups in total. The van der Waals surface area contributed by atoms with E-state index in [0.29, 0.717) is 24.4 Å². The summed E-state index contributed by atoms with van der Waals surface area (Å²) in [5.74, 6) is -0.168. The summed E-state index contributed by atoms with van der Waals surface area (Å²) in [5, 5.41) is 13.0. The van der Waals surface area contributed by atoms with Gasteiger partial charge in [0.05, 0.1) is 6.07 Å². The zero-order valence-corrected chi connectivity index (χ0v) is 12.8. The van der Waals surface area contributed by atoms with Gasteiger partial charge in [-0.05, 0) is 30.5 Å². The van der Waals surface area contributed by atoms with Crippen molar-refractivity contribution in [3.05, 3.63) is 34.9 Å². The van der Waals surface area contributed by atoms with Crippen LogP contribution < -0.4 is 5.32 Å². The summed E-state index contributed by atoms with van der Waals surface area (Å²) in [6.45, 7) is 4.41. The summed E-state index contributed by atoms with van der Waals surface area (Å²) in [6, 6.07) is 9.55. The molecule has 0 saturated heterocycles. The SMILES string of the molecule is CCCC(C#N)(CCC)C(=O)NCc1ccc(Cl)cc1. The van der Waals surface area contributed by atoms with E-state index in [-0.39, 0.29) is 5.91 Å². The Morgan fingerprint density at radius 2 is 1.80 bits per heavy atom. The Hall–Kier alpha value is -1.53. The lowest BCUT2D eigenvalue weighted by Crippen LogP contribution is -2.39. The second-order valence-corrected chi connectivity index (χ2v) is 5.44. The molecule has 3 nitrogen and oxygen atoms in total. The highest BCUT2D eigenvalue weighted by molar-refractivity contribution is 6.30. The maximum absolute atomic E-state index is 12.4. The molecular formula is C16H21ClN2O. The summed E-state index contributed by atoms with van der Waals surface area (Å²) in [4.78, 5) is 12.4. The van der Waals surface area contributed by atoms with Crippen LogP contribution in [0.25, 0.3) is 0 Å². The van der Waals surface area contributed by atoms with Gasteiger partial charge in [-0.15, -0.1) is 0 Å². The molecule has 0 spiro atoms. The van der Waals surface area contributed by atoms with Crippen molar-refractivity contribution in [1.29, 1.82) is 5.26 Å². The van der Waals surface area contributed by atoms with Crippen LogP contribution in [-0.2, 0) is 11.3 Å². The van der Waals surface area contributed by atoms with Gasteiger partial charge in [0, 0.05) is 11.6 Å². The first-order chi connectivity index (χ1) is 9.57. The number of rotatable bonds is 7. The average Bonchev–Trinajstić information content (AvgIpc) is 2.46. The Morgan fingerprint density at radius 1 is 1.25 bits per heavy atom. The van der Waals surface area contributed by atoms with E-state index in [4.69, 9.17) is 11.6 Å². The van der Waals surface area contributed by atoms with E-state index in [9.17, 15) is 10.1 Å². The molecular weight excluding hydrogens is 272 g/mol. The first kappa shape index (κ1) is 16.5. The van der Waals surface area contributed by atoms with Gasteiger partial charge in [0.1, 0.15) is 5.41 Å². The normalized spacial score (nSPS) is 10.9. The van der Waals surface area contributed by atoms with Gasteiger partial charge in [0.2, 0.25) is 5.91 Å². The molecule has 20 heavy (non-hydrogen) atoms. The molecule has 4 heteroatoms. The fourth-order valence-corrected chi connectivity index (χ4v) is 2.45. The lowest BCUT2D eigenvalue weighted by atomic mass is 9.79. The van der Waals surface area contributed by atoms with Gasteiger partial charge in [0.25, 0.3) is 0 Å². The van der Waals surface area contributed by atoms with E-state index in [1.807, 2.05) is 26.0 Å². The first-order valence-electron chi connectivity index (χ1n) is 7.02. The van der Waals surface area contributed by atoms with Gasteiger partial charge in [-0.3, -0.25) is 4.79 Å². The number of nitrogens with zero attached hydrogens (tertiary/aromatic N) is 1. The Bertz CT molecular complexity index is 470. The number of nitrogens with one attached hydrogen (secondary N) is 1. The molecule has 0 saturated carbocycles. The second kappa shape index (κ2) is 7.91. The highest BCUT2D eigenvalue weighted by Crippen LogP contribution is 2.29. The van der Waals surface area contributed by atoms with Crippen molar-refractivity contribution < 1.29 is 4.79 Å². The number of hydrogen-bond donors (Lipinski definition) is 1. The number of amides is 1. The molecule has 1 aromatic carbocycles. The molecule has 0 unspecified atom stereocenters. The molecule has 0 fully saturated rings. The van der Waals surface area contributed by atoms with Crippen molar-refractivity contribution in [2.45, 2.75) is 46.1 Å². The van der Waals surface area contributed by atoms with Gasteiger partial charge in [-0.2, -0.15) is 5.26 Å². The van der Waals surface area contributed by atoms with E-state index >= 15 is 0 Å². The number of halogens is 1. The first-order valence-corrected chi connectivity index (χ1v) is 7.39. The van der Waals surface area contributed by atoms with Crippen molar-refractivity contribution in [1.82, 2.24) is 5.32 Å². The van der Waals surface area contributed by atoms with E-state index < -0.39 is 5.41 Å². The zero-order chi connectivity index (χ0) is 15.0. The number of carbonyl (C=O) groups excluding carboxylic acids is 1. The van der Waals surface area contributed by atoms with Crippen LogP contribution in [0.1, 0.15) is 45.1 Å². The third-order valence-corrected chi connectivity index (χ3v) is 3.62.